The average Bonchev–Trinajstić information content (AvgIpc) is 2.52. The third-order valence-electron chi connectivity index (χ3n) is 3.29. The van der Waals surface area contributed by atoms with E-state index in [1.165, 1.54) is 6.92 Å². The van der Waals surface area contributed by atoms with Crippen LogP contribution >= 0.6 is 0 Å². The molecule has 0 aromatic heterocycles. The van der Waals surface area contributed by atoms with E-state index in [-0.39, 0.29) is 11.3 Å². The van der Waals surface area contributed by atoms with E-state index in [9.17, 15) is 24.9 Å². The molecule has 0 aliphatic carbocycles. The van der Waals surface area contributed by atoms with E-state index in [1.54, 1.807) is 24.3 Å². The van der Waals surface area contributed by atoms with Crippen molar-refractivity contribution in [2.45, 2.75) is 20.0 Å². The third kappa shape index (κ3) is 3.60. The third-order valence-corrected chi connectivity index (χ3v) is 3.29. The molecule has 2 aromatic carbocycles. The second kappa shape index (κ2) is 6.39. The van der Waals surface area contributed by atoms with Crippen molar-refractivity contribution in [3.8, 4) is 17.2 Å². The normalized spacial score (nSPS) is 11.7. The summed E-state index contributed by atoms with van der Waals surface area (Å²) in [5.74, 6) is -3.32. The molecular formula is C17H16O6. The maximum atomic E-state index is 12.2. The van der Waals surface area contributed by atoms with Crippen LogP contribution in [-0.2, 0) is 4.74 Å². The molecule has 0 aliphatic heterocycles. The van der Waals surface area contributed by atoms with Crippen LogP contribution < -0.4 is 0 Å². The molecule has 0 radical (unpaired) electrons. The predicted molar refractivity (Wildman–Crippen MR) is 81.8 cm³/mol. The summed E-state index contributed by atoms with van der Waals surface area (Å²) >= 11 is 0. The summed E-state index contributed by atoms with van der Waals surface area (Å²) in [4.78, 5) is 24.2. The monoisotopic (exact) mass is 316 g/mol. The second-order valence-electron chi connectivity index (χ2n) is 5.14. The van der Waals surface area contributed by atoms with Gasteiger partial charge in [-0.3, -0.25) is 4.79 Å². The minimum atomic E-state index is -1.04. The Bertz CT molecular complexity index is 725. The van der Waals surface area contributed by atoms with Crippen molar-refractivity contribution < 1.29 is 29.6 Å². The van der Waals surface area contributed by atoms with Crippen LogP contribution in [0.15, 0.2) is 36.4 Å². The molecule has 0 saturated carbocycles. The highest BCUT2D eigenvalue weighted by Crippen LogP contribution is 2.35. The smallest absolute Gasteiger partial charge is 0.339 e. The van der Waals surface area contributed by atoms with Crippen molar-refractivity contribution in [3.05, 3.63) is 53.1 Å². The number of Topliss-reactive ketones (excluding diaryl/α,β-unsaturated/α-hetero) is 1. The van der Waals surface area contributed by atoms with Gasteiger partial charge in [0.05, 0.1) is 5.56 Å². The van der Waals surface area contributed by atoms with E-state index >= 15 is 0 Å². The fourth-order valence-electron chi connectivity index (χ4n) is 1.96. The number of ketones is 1. The van der Waals surface area contributed by atoms with Gasteiger partial charge in [0, 0.05) is 5.56 Å². The SMILES string of the molecule is Cc1ccc(C(=O)[C@H](C)OC(=O)c2cc(O)c(O)c(O)c2)cc1. The molecule has 1 atom stereocenters. The molecule has 6 heteroatoms. The minimum absolute atomic E-state index is 0.179. The van der Waals surface area contributed by atoms with Crippen LogP contribution in [0, 0.1) is 6.92 Å². The zero-order valence-electron chi connectivity index (χ0n) is 12.6. The van der Waals surface area contributed by atoms with Gasteiger partial charge in [0.1, 0.15) is 0 Å². The molecule has 0 saturated heterocycles. The summed E-state index contributed by atoms with van der Waals surface area (Å²) in [6, 6.07) is 8.72. The summed E-state index contributed by atoms with van der Waals surface area (Å²) in [6.45, 7) is 3.32. The molecule has 0 bridgehead atoms. The highest BCUT2D eigenvalue weighted by molar-refractivity contribution is 6.01. The first kappa shape index (κ1) is 16.4. The Balaban J connectivity index is 2.13. The summed E-state index contributed by atoms with van der Waals surface area (Å²) in [7, 11) is 0. The molecule has 2 rings (SSSR count). The van der Waals surface area contributed by atoms with Crippen molar-refractivity contribution in [1.82, 2.24) is 0 Å². The van der Waals surface area contributed by atoms with Gasteiger partial charge >= 0.3 is 5.97 Å². The number of aromatic hydroxyl groups is 3. The molecule has 0 aliphatic rings. The molecule has 23 heavy (non-hydrogen) atoms. The maximum absolute atomic E-state index is 12.2. The fraction of sp³-hybridized carbons (Fsp3) is 0.176. The number of aryl methyl sites for hydroxylation is 1. The van der Waals surface area contributed by atoms with Crippen LogP contribution in [0.1, 0.15) is 33.2 Å². The van der Waals surface area contributed by atoms with Gasteiger partial charge in [-0.25, -0.2) is 4.79 Å². The molecule has 2 aromatic rings. The second-order valence-corrected chi connectivity index (χ2v) is 5.14. The number of phenolic OH excluding ortho intramolecular Hbond substituents is 3. The summed E-state index contributed by atoms with van der Waals surface area (Å²) < 4.78 is 5.04. The first-order valence-corrected chi connectivity index (χ1v) is 6.86. The number of hydrogen-bond acceptors (Lipinski definition) is 6. The Labute approximate surface area is 132 Å². The van der Waals surface area contributed by atoms with Crippen molar-refractivity contribution in [1.29, 1.82) is 0 Å². The zero-order chi connectivity index (χ0) is 17.1. The molecule has 0 fully saturated rings. The summed E-state index contributed by atoms with van der Waals surface area (Å²) in [5, 5.41) is 28.0. The first-order valence-electron chi connectivity index (χ1n) is 6.86. The van der Waals surface area contributed by atoms with Gasteiger partial charge in [-0.15, -0.1) is 0 Å². The molecule has 0 unspecified atom stereocenters. The minimum Gasteiger partial charge on any atom is -0.504 e. The van der Waals surface area contributed by atoms with E-state index in [4.69, 9.17) is 4.74 Å². The number of carbonyl (C=O) groups is 2. The fourth-order valence-corrected chi connectivity index (χ4v) is 1.96. The molecule has 0 heterocycles. The zero-order valence-corrected chi connectivity index (χ0v) is 12.6. The topological polar surface area (TPSA) is 104 Å². The maximum Gasteiger partial charge on any atom is 0.339 e. The van der Waals surface area contributed by atoms with Crippen LogP contribution in [0.3, 0.4) is 0 Å². The van der Waals surface area contributed by atoms with E-state index in [2.05, 4.69) is 0 Å². The Morgan fingerprint density at radius 3 is 2.00 bits per heavy atom. The highest BCUT2D eigenvalue weighted by atomic mass is 16.5. The molecule has 6 nitrogen and oxygen atoms in total. The molecule has 120 valence electrons. The van der Waals surface area contributed by atoms with E-state index in [1.807, 2.05) is 6.92 Å². The first-order chi connectivity index (χ1) is 10.8. The van der Waals surface area contributed by atoms with Crippen LogP contribution in [0.25, 0.3) is 0 Å². The molecule has 0 amide bonds. The van der Waals surface area contributed by atoms with Crippen LogP contribution in [-0.4, -0.2) is 33.2 Å². The van der Waals surface area contributed by atoms with Crippen LogP contribution in [0.4, 0.5) is 0 Å². The van der Waals surface area contributed by atoms with E-state index in [0.29, 0.717) is 5.56 Å². The lowest BCUT2D eigenvalue weighted by atomic mass is 10.1. The number of esters is 1. The molecule has 3 N–H and O–H groups in total. The molecule has 0 spiro atoms. The van der Waals surface area contributed by atoms with Crippen molar-refractivity contribution in [3.63, 3.8) is 0 Å². The lowest BCUT2D eigenvalue weighted by molar-refractivity contribution is 0.0318. The largest absolute Gasteiger partial charge is 0.504 e. The number of carbonyl (C=O) groups excluding carboxylic acids is 2. The standard InChI is InChI=1S/C17H16O6/c1-9-3-5-11(6-4-9)15(20)10(2)23-17(22)12-7-13(18)16(21)14(19)8-12/h3-8,10,18-19,21H,1-2H3/t10-/m0/s1. The van der Waals surface area contributed by atoms with Gasteiger partial charge in [0.25, 0.3) is 0 Å². The van der Waals surface area contributed by atoms with Crippen molar-refractivity contribution in [2.75, 3.05) is 0 Å². The van der Waals surface area contributed by atoms with Crippen molar-refractivity contribution in [2.24, 2.45) is 0 Å². The summed E-state index contributed by atoms with van der Waals surface area (Å²) in [5.41, 5.74) is 1.23. The molecular weight excluding hydrogens is 300 g/mol. The van der Waals surface area contributed by atoms with E-state index < -0.39 is 29.3 Å². The Morgan fingerprint density at radius 1 is 0.957 bits per heavy atom. The predicted octanol–water partition coefficient (Wildman–Crippen LogP) is 2.54. The Kier molecular flexibility index (Phi) is 4.55. The number of rotatable bonds is 4. The van der Waals surface area contributed by atoms with Gasteiger partial charge in [-0.05, 0) is 26.0 Å². The van der Waals surface area contributed by atoms with E-state index in [0.717, 1.165) is 17.7 Å². The Hall–Kier alpha value is -3.02. The van der Waals surface area contributed by atoms with Crippen LogP contribution in [0.5, 0.6) is 17.2 Å². The highest BCUT2D eigenvalue weighted by Gasteiger charge is 2.22. The van der Waals surface area contributed by atoms with Gasteiger partial charge < -0.3 is 20.1 Å². The number of phenols is 3. The summed E-state index contributed by atoms with van der Waals surface area (Å²) in [6.07, 6.45) is -1.04. The lowest BCUT2D eigenvalue weighted by Crippen LogP contribution is -2.24. The van der Waals surface area contributed by atoms with Gasteiger partial charge in [-0.1, -0.05) is 29.8 Å². The van der Waals surface area contributed by atoms with Gasteiger partial charge in [0.15, 0.2) is 23.4 Å². The number of hydrogen-bond donors (Lipinski definition) is 3. The van der Waals surface area contributed by atoms with Crippen LogP contribution in [0.2, 0.25) is 0 Å². The average molecular weight is 316 g/mol. The lowest BCUT2D eigenvalue weighted by Gasteiger charge is -2.13. The number of benzene rings is 2. The van der Waals surface area contributed by atoms with Gasteiger partial charge in [-0.2, -0.15) is 0 Å². The van der Waals surface area contributed by atoms with Crippen molar-refractivity contribution >= 4 is 11.8 Å². The quantitative estimate of drug-likeness (QED) is 0.455. The van der Waals surface area contributed by atoms with Gasteiger partial charge in [0.2, 0.25) is 5.78 Å². The number of ether oxygens (including phenoxy) is 1. The Morgan fingerprint density at radius 2 is 1.48 bits per heavy atom.